The van der Waals surface area contributed by atoms with Crippen molar-refractivity contribution in [3.8, 4) is 0 Å². The van der Waals surface area contributed by atoms with Crippen molar-refractivity contribution in [3.05, 3.63) is 0 Å². The number of hydrogen-bond donors (Lipinski definition) is 2. The van der Waals surface area contributed by atoms with Crippen LogP contribution in [0.2, 0.25) is 0 Å². The minimum absolute atomic E-state index is 0.134. The number of nitrogens with zero attached hydrogens (tertiary/aromatic N) is 2. The lowest BCUT2D eigenvalue weighted by Gasteiger charge is -2.34. The molecule has 0 radical (unpaired) electrons. The monoisotopic (exact) mass is 268 g/mol. The van der Waals surface area contributed by atoms with Crippen LogP contribution in [0.1, 0.15) is 25.7 Å². The predicted molar refractivity (Wildman–Crippen MR) is 72.5 cm³/mol. The summed E-state index contributed by atoms with van der Waals surface area (Å²) in [4.78, 5) is 27.5. The first kappa shape index (κ1) is 14.3. The zero-order valence-electron chi connectivity index (χ0n) is 11.4. The van der Waals surface area contributed by atoms with Crippen molar-refractivity contribution >= 4 is 11.8 Å². The number of hydrogen-bond acceptors (Lipinski definition) is 4. The Morgan fingerprint density at radius 3 is 2.42 bits per heavy atom. The molecular formula is C13H24N4O2. The standard InChI is InChI=1S/C13H24N4O2/c14-13(19)11-9-15-5-8-17(11)10-12(18)16-6-3-1-2-4-7-16/h11,15H,1-10H2,(H2,14,19). The maximum Gasteiger partial charge on any atom is 0.236 e. The highest BCUT2D eigenvalue weighted by Gasteiger charge is 2.29. The van der Waals surface area contributed by atoms with Gasteiger partial charge in [0.1, 0.15) is 6.04 Å². The van der Waals surface area contributed by atoms with Crippen LogP contribution in [-0.4, -0.2) is 66.9 Å². The first-order valence-corrected chi connectivity index (χ1v) is 7.20. The molecule has 0 aromatic rings. The summed E-state index contributed by atoms with van der Waals surface area (Å²) in [6, 6.07) is -0.357. The summed E-state index contributed by atoms with van der Waals surface area (Å²) in [6.07, 6.45) is 4.60. The molecule has 1 unspecified atom stereocenters. The average molecular weight is 268 g/mol. The molecule has 0 aliphatic carbocycles. The molecule has 0 spiro atoms. The van der Waals surface area contributed by atoms with Gasteiger partial charge in [-0.3, -0.25) is 14.5 Å². The Bertz CT molecular complexity index is 327. The maximum atomic E-state index is 12.3. The van der Waals surface area contributed by atoms with Gasteiger partial charge in [-0.05, 0) is 12.8 Å². The lowest BCUT2D eigenvalue weighted by molar-refractivity contribution is -0.134. The van der Waals surface area contributed by atoms with Gasteiger partial charge in [0.25, 0.3) is 0 Å². The number of nitrogens with one attached hydrogen (secondary N) is 1. The van der Waals surface area contributed by atoms with Gasteiger partial charge in [-0.15, -0.1) is 0 Å². The van der Waals surface area contributed by atoms with E-state index in [0.29, 0.717) is 19.6 Å². The largest absolute Gasteiger partial charge is 0.368 e. The number of rotatable bonds is 3. The summed E-state index contributed by atoms with van der Waals surface area (Å²) >= 11 is 0. The molecule has 2 fully saturated rings. The minimum atomic E-state index is -0.357. The predicted octanol–water partition coefficient (Wildman–Crippen LogP) is -0.852. The summed E-state index contributed by atoms with van der Waals surface area (Å²) in [5, 5.41) is 3.14. The molecule has 1 atom stereocenters. The highest BCUT2D eigenvalue weighted by Crippen LogP contribution is 2.11. The Morgan fingerprint density at radius 2 is 1.79 bits per heavy atom. The smallest absolute Gasteiger partial charge is 0.236 e. The quantitative estimate of drug-likeness (QED) is 0.699. The van der Waals surface area contributed by atoms with Crippen LogP contribution in [0.4, 0.5) is 0 Å². The van der Waals surface area contributed by atoms with E-state index < -0.39 is 0 Å². The Balaban J connectivity index is 1.90. The van der Waals surface area contributed by atoms with Crippen molar-refractivity contribution in [1.82, 2.24) is 15.1 Å². The van der Waals surface area contributed by atoms with Gasteiger partial charge in [0.2, 0.25) is 11.8 Å². The van der Waals surface area contributed by atoms with Gasteiger partial charge in [0.15, 0.2) is 0 Å². The molecule has 0 aromatic heterocycles. The molecule has 19 heavy (non-hydrogen) atoms. The Labute approximate surface area is 114 Å². The number of primary amides is 1. The van der Waals surface area contributed by atoms with E-state index in [1.807, 2.05) is 9.80 Å². The summed E-state index contributed by atoms with van der Waals surface area (Å²) in [5.74, 6) is -0.217. The molecule has 2 amide bonds. The van der Waals surface area contributed by atoms with E-state index in [-0.39, 0.29) is 17.9 Å². The molecule has 2 rings (SSSR count). The SMILES string of the molecule is NC(=O)C1CNCCN1CC(=O)N1CCCCCC1. The molecule has 6 heteroatoms. The number of likely N-dealkylation sites (tertiary alicyclic amines) is 1. The van der Waals surface area contributed by atoms with Crippen molar-refractivity contribution in [3.63, 3.8) is 0 Å². The molecule has 6 nitrogen and oxygen atoms in total. The third-order valence-corrected chi connectivity index (χ3v) is 3.98. The molecule has 108 valence electrons. The van der Waals surface area contributed by atoms with Crippen LogP contribution in [-0.2, 0) is 9.59 Å². The van der Waals surface area contributed by atoms with Crippen molar-refractivity contribution in [2.45, 2.75) is 31.7 Å². The molecule has 2 aliphatic rings. The number of piperazine rings is 1. The van der Waals surface area contributed by atoms with Gasteiger partial charge in [0, 0.05) is 32.7 Å². The molecule has 2 aliphatic heterocycles. The van der Waals surface area contributed by atoms with E-state index in [4.69, 9.17) is 5.73 Å². The van der Waals surface area contributed by atoms with E-state index in [9.17, 15) is 9.59 Å². The van der Waals surface area contributed by atoms with Crippen molar-refractivity contribution in [1.29, 1.82) is 0 Å². The second kappa shape index (κ2) is 6.86. The number of nitrogens with two attached hydrogens (primary N) is 1. The Hall–Kier alpha value is -1.14. The fourth-order valence-corrected chi connectivity index (χ4v) is 2.81. The Kier molecular flexibility index (Phi) is 5.15. The van der Waals surface area contributed by atoms with Crippen LogP contribution in [0, 0.1) is 0 Å². The topological polar surface area (TPSA) is 78.7 Å². The molecule has 3 N–H and O–H groups in total. The lowest BCUT2D eigenvalue weighted by atomic mass is 10.2. The summed E-state index contributed by atoms with van der Waals surface area (Å²) in [7, 11) is 0. The van der Waals surface area contributed by atoms with Gasteiger partial charge in [-0.2, -0.15) is 0 Å². The third-order valence-electron chi connectivity index (χ3n) is 3.98. The summed E-state index contributed by atoms with van der Waals surface area (Å²) < 4.78 is 0. The van der Waals surface area contributed by atoms with Crippen LogP contribution in [0.15, 0.2) is 0 Å². The second-order valence-electron chi connectivity index (χ2n) is 5.39. The molecular weight excluding hydrogens is 244 g/mol. The molecule has 0 bridgehead atoms. The molecule has 0 saturated carbocycles. The van der Waals surface area contributed by atoms with Gasteiger partial charge in [-0.1, -0.05) is 12.8 Å². The number of carbonyl (C=O) groups excluding carboxylic acids is 2. The van der Waals surface area contributed by atoms with E-state index in [0.717, 1.165) is 32.5 Å². The fraction of sp³-hybridized carbons (Fsp3) is 0.846. The average Bonchev–Trinajstić information content (AvgIpc) is 2.68. The summed E-state index contributed by atoms with van der Waals surface area (Å²) in [6.45, 7) is 4.07. The molecule has 0 aromatic carbocycles. The van der Waals surface area contributed by atoms with E-state index in [1.165, 1.54) is 12.8 Å². The van der Waals surface area contributed by atoms with Crippen LogP contribution < -0.4 is 11.1 Å². The van der Waals surface area contributed by atoms with Crippen molar-refractivity contribution in [2.24, 2.45) is 5.73 Å². The van der Waals surface area contributed by atoms with Gasteiger partial charge in [-0.25, -0.2) is 0 Å². The number of amides is 2. The zero-order chi connectivity index (χ0) is 13.7. The normalized spacial score (nSPS) is 25.9. The van der Waals surface area contributed by atoms with Crippen LogP contribution in [0.25, 0.3) is 0 Å². The first-order valence-electron chi connectivity index (χ1n) is 7.20. The minimum Gasteiger partial charge on any atom is -0.368 e. The molecule has 2 saturated heterocycles. The van der Waals surface area contributed by atoms with Crippen molar-refractivity contribution in [2.75, 3.05) is 39.3 Å². The summed E-state index contributed by atoms with van der Waals surface area (Å²) in [5.41, 5.74) is 5.39. The van der Waals surface area contributed by atoms with Gasteiger partial charge in [0.05, 0.1) is 6.54 Å². The zero-order valence-corrected chi connectivity index (χ0v) is 11.4. The fourth-order valence-electron chi connectivity index (χ4n) is 2.81. The van der Waals surface area contributed by atoms with Crippen LogP contribution in [0.5, 0.6) is 0 Å². The highest BCUT2D eigenvalue weighted by atomic mass is 16.2. The Morgan fingerprint density at radius 1 is 1.11 bits per heavy atom. The number of carbonyl (C=O) groups is 2. The maximum absolute atomic E-state index is 12.3. The second-order valence-corrected chi connectivity index (χ2v) is 5.39. The van der Waals surface area contributed by atoms with Gasteiger partial charge < -0.3 is 16.0 Å². The van der Waals surface area contributed by atoms with Crippen molar-refractivity contribution < 1.29 is 9.59 Å². The van der Waals surface area contributed by atoms with Crippen LogP contribution in [0.3, 0.4) is 0 Å². The highest BCUT2D eigenvalue weighted by molar-refractivity contribution is 5.82. The lowest BCUT2D eigenvalue weighted by Crippen LogP contribution is -2.59. The van der Waals surface area contributed by atoms with Crippen LogP contribution >= 0.6 is 0 Å². The van der Waals surface area contributed by atoms with Gasteiger partial charge >= 0.3 is 0 Å². The first-order chi connectivity index (χ1) is 9.18. The molecule has 2 heterocycles. The van der Waals surface area contributed by atoms with E-state index in [1.54, 1.807) is 0 Å². The van der Waals surface area contributed by atoms with E-state index >= 15 is 0 Å². The van der Waals surface area contributed by atoms with E-state index in [2.05, 4.69) is 5.32 Å². The third kappa shape index (κ3) is 3.91.